The summed E-state index contributed by atoms with van der Waals surface area (Å²) in [7, 11) is 1.63. The van der Waals surface area contributed by atoms with Crippen LogP contribution in [0.1, 0.15) is 290 Å². The van der Waals surface area contributed by atoms with Gasteiger partial charge in [-0.15, -0.1) is 0 Å². The quantitative estimate of drug-likeness (QED) is 0.0319. The molecular weight excluding hydrogens is 804 g/mol. The van der Waals surface area contributed by atoms with E-state index in [1.165, 1.54) is 225 Å². The number of unbranched alkanes of at least 4 members (excludes halogenated alkanes) is 39. The van der Waals surface area contributed by atoms with Crippen molar-refractivity contribution in [3.63, 3.8) is 0 Å². The Morgan fingerprint density at radius 1 is 0.476 bits per heavy atom. The lowest BCUT2D eigenvalue weighted by molar-refractivity contribution is -0.870. The zero-order valence-electron chi connectivity index (χ0n) is 43.1. The Morgan fingerprint density at radius 3 is 1.06 bits per heavy atom. The molecule has 0 aromatic heterocycles. The number of phosphoric ester groups is 1. The molecule has 0 saturated carbocycles. The van der Waals surface area contributed by atoms with E-state index in [0.717, 1.165) is 38.5 Å². The van der Waals surface area contributed by atoms with Crippen LogP contribution in [0.4, 0.5) is 0 Å². The van der Waals surface area contributed by atoms with Crippen LogP contribution in [0.2, 0.25) is 0 Å². The Balaban J connectivity index is 4.05. The highest BCUT2D eigenvalue weighted by Gasteiger charge is 2.28. The second-order valence-corrected chi connectivity index (χ2v) is 22.1. The summed E-state index contributed by atoms with van der Waals surface area (Å²) < 4.78 is 23.7. The fraction of sp³-hybridized carbons (Fsp3) is 0.981. The maximum Gasteiger partial charge on any atom is 0.472 e. The van der Waals surface area contributed by atoms with E-state index in [0.29, 0.717) is 23.9 Å². The number of carbonyl (C=O) groups excluding carboxylic acids is 1. The minimum atomic E-state index is -4.31. The minimum Gasteiger partial charge on any atom is -0.391 e. The van der Waals surface area contributed by atoms with Crippen LogP contribution in [-0.2, 0) is 18.4 Å². The van der Waals surface area contributed by atoms with Crippen LogP contribution in [0.15, 0.2) is 0 Å². The van der Waals surface area contributed by atoms with Gasteiger partial charge in [0, 0.05) is 6.42 Å². The molecule has 1 unspecified atom stereocenters. The predicted molar refractivity (Wildman–Crippen MR) is 272 cm³/mol. The van der Waals surface area contributed by atoms with Crippen LogP contribution >= 0.6 is 7.82 Å². The van der Waals surface area contributed by atoms with Crippen molar-refractivity contribution in [3.05, 3.63) is 0 Å². The number of aliphatic hydroxyl groups is 1. The van der Waals surface area contributed by atoms with E-state index in [4.69, 9.17) is 9.05 Å². The van der Waals surface area contributed by atoms with Gasteiger partial charge in [0.25, 0.3) is 0 Å². The van der Waals surface area contributed by atoms with Gasteiger partial charge in [0.05, 0.1) is 39.9 Å². The number of phosphoric acid groups is 1. The van der Waals surface area contributed by atoms with Gasteiger partial charge in [0.1, 0.15) is 13.2 Å². The lowest BCUT2D eigenvalue weighted by atomic mass is 10.0. The summed E-state index contributed by atoms with van der Waals surface area (Å²) in [6, 6.07) is -0.754. The van der Waals surface area contributed by atoms with Crippen LogP contribution in [0.5, 0.6) is 0 Å². The molecule has 0 aromatic rings. The maximum absolute atomic E-state index is 13.0. The lowest BCUT2D eigenvalue weighted by Gasteiger charge is -2.26. The van der Waals surface area contributed by atoms with Gasteiger partial charge in [0.2, 0.25) is 5.91 Å². The standard InChI is InChI=1S/C54H111N2O6P/c1-6-8-10-12-14-16-18-20-22-23-24-25-26-27-28-29-30-31-32-33-34-36-38-40-42-44-46-48-54(58)55-52(51-62-63(59,60)61-50-49-56(3,4)5)53(57)47-45-43-41-39-37-35-21-19-17-15-13-11-9-7-2/h52-53,57H,6-51H2,1-5H3,(H-,55,58,59,60)/p+1/t52-,53+/m0/s1. The van der Waals surface area contributed by atoms with Gasteiger partial charge in [-0.1, -0.05) is 271 Å². The number of hydrogen-bond donors (Lipinski definition) is 3. The molecule has 8 nitrogen and oxygen atoms in total. The summed E-state index contributed by atoms with van der Waals surface area (Å²) >= 11 is 0. The first kappa shape index (κ1) is 62.5. The largest absolute Gasteiger partial charge is 0.472 e. The molecule has 3 N–H and O–H groups in total. The van der Waals surface area contributed by atoms with E-state index in [2.05, 4.69) is 19.2 Å². The molecule has 1 amide bonds. The molecule has 3 atom stereocenters. The molecule has 0 aromatic carbocycles. The van der Waals surface area contributed by atoms with Gasteiger partial charge in [-0.3, -0.25) is 13.8 Å². The Hall–Kier alpha value is -0.500. The average molecular weight is 916 g/mol. The van der Waals surface area contributed by atoms with E-state index < -0.39 is 20.0 Å². The van der Waals surface area contributed by atoms with Crippen LogP contribution in [-0.4, -0.2) is 73.4 Å². The summed E-state index contributed by atoms with van der Waals surface area (Å²) in [5.41, 5.74) is 0. The van der Waals surface area contributed by atoms with Crippen molar-refractivity contribution < 1.29 is 32.9 Å². The minimum absolute atomic E-state index is 0.0789. The molecule has 0 saturated heterocycles. The third kappa shape index (κ3) is 49.2. The highest BCUT2D eigenvalue weighted by Crippen LogP contribution is 2.43. The maximum atomic E-state index is 13.0. The molecular formula is C54H112N2O6P+. The molecule has 0 aliphatic rings. The van der Waals surface area contributed by atoms with Gasteiger partial charge in [-0.25, -0.2) is 4.57 Å². The zero-order chi connectivity index (χ0) is 46.4. The summed E-state index contributed by atoms with van der Waals surface area (Å²) in [5.74, 6) is -0.137. The third-order valence-corrected chi connectivity index (χ3v) is 14.1. The number of quaternary nitrogens is 1. The zero-order valence-corrected chi connectivity index (χ0v) is 44.0. The molecule has 378 valence electrons. The van der Waals surface area contributed by atoms with Gasteiger partial charge in [-0.05, 0) is 12.8 Å². The van der Waals surface area contributed by atoms with Crippen LogP contribution in [0.3, 0.4) is 0 Å². The Bertz CT molecular complexity index is 994. The van der Waals surface area contributed by atoms with E-state index in [1.54, 1.807) is 0 Å². The smallest absolute Gasteiger partial charge is 0.391 e. The van der Waals surface area contributed by atoms with Crippen molar-refractivity contribution in [1.82, 2.24) is 5.32 Å². The Morgan fingerprint density at radius 2 is 0.762 bits per heavy atom. The summed E-state index contributed by atoms with van der Waals surface area (Å²) in [6.07, 6.45) is 54.4. The molecule has 9 heteroatoms. The number of amides is 1. The number of nitrogens with zero attached hydrogens (tertiary/aromatic N) is 1. The first-order valence-corrected chi connectivity index (χ1v) is 29.4. The summed E-state index contributed by atoms with van der Waals surface area (Å²) in [5, 5.41) is 14.0. The van der Waals surface area contributed by atoms with Crippen molar-refractivity contribution >= 4 is 13.7 Å². The van der Waals surface area contributed by atoms with Gasteiger partial charge < -0.3 is 19.8 Å². The second kappa shape index (κ2) is 46.6. The number of rotatable bonds is 52. The van der Waals surface area contributed by atoms with E-state index in [-0.39, 0.29) is 19.1 Å². The first-order valence-electron chi connectivity index (χ1n) is 27.9. The molecule has 0 heterocycles. The van der Waals surface area contributed by atoms with Gasteiger partial charge >= 0.3 is 7.82 Å². The van der Waals surface area contributed by atoms with Gasteiger partial charge in [-0.2, -0.15) is 0 Å². The van der Waals surface area contributed by atoms with Crippen molar-refractivity contribution in [2.75, 3.05) is 40.9 Å². The van der Waals surface area contributed by atoms with Crippen LogP contribution < -0.4 is 5.32 Å². The van der Waals surface area contributed by atoms with Crippen LogP contribution in [0, 0.1) is 0 Å². The van der Waals surface area contributed by atoms with Crippen molar-refractivity contribution in [3.8, 4) is 0 Å². The molecule has 0 bridgehead atoms. The monoisotopic (exact) mass is 916 g/mol. The number of hydrogen-bond acceptors (Lipinski definition) is 5. The van der Waals surface area contributed by atoms with Crippen LogP contribution in [0.25, 0.3) is 0 Å². The van der Waals surface area contributed by atoms with Crippen molar-refractivity contribution in [1.29, 1.82) is 0 Å². The fourth-order valence-electron chi connectivity index (χ4n) is 8.70. The van der Waals surface area contributed by atoms with E-state index in [1.807, 2.05) is 21.1 Å². The predicted octanol–water partition coefficient (Wildman–Crippen LogP) is 16.5. The fourth-order valence-corrected chi connectivity index (χ4v) is 9.43. The molecule has 0 spiro atoms. The number of likely N-dealkylation sites (N-methyl/N-ethyl adjacent to an activating group) is 1. The molecule has 63 heavy (non-hydrogen) atoms. The van der Waals surface area contributed by atoms with Gasteiger partial charge in [0.15, 0.2) is 0 Å². The molecule has 0 aliphatic carbocycles. The SMILES string of the molecule is CCCCCCCCCCCCCCCCCCCCCCCCCCCCCC(=O)N[C@@H](COP(=O)(O)OCC[N+](C)(C)C)[C@H](O)CCCCCCCCCCCCCCCC. The van der Waals surface area contributed by atoms with E-state index >= 15 is 0 Å². The summed E-state index contributed by atoms with van der Waals surface area (Å²) in [6.45, 7) is 4.93. The number of aliphatic hydroxyl groups excluding tert-OH is 1. The Labute approximate surface area is 393 Å². The number of nitrogens with one attached hydrogen (secondary N) is 1. The normalized spacial score (nSPS) is 14.0. The van der Waals surface area contributed by atoms with Crippen molar-refractivity contribution in [2.45, 2.75) is 302 Å². The summed E-state index contributed by atoms with van der Waals surface area (Å²) in [4.78, 5) is 23.3. The molecule has 0 fully saturated rings. The lowest BCUT2D eigenvalue weighted by Crippen LogP contribution is -2.46. The highest BCUT2D eigenvalue weighted by atomic mass is 31.2. The van der Waals surface area contributed by atoms with E-state index in [9.17, 15) is 19.4 Å². The highest BCUT2D eigenvalue weighted by molar-refractivity contribution is 7.47. The van der Waals surface area contributed by atoms with Crippen molar-refractivity contribution in [2.24, 2.45) is 0 Å². The topological polar surface area (TPSA) is 105 Å². The first-order chi connectivity index (χ1) is 30.5. The second-order valence-electron chi connectivity index (χ2n) is 20.7. The molecule has 0 aliphatic heterocycles. The Kier molecular flexibility index (Phi) is 46.2. The molecule has 0 rings (SSSR count). The average Bonchev–Trinajstić information content (AvgIpc) is 3.24. The number of carbonyl (C=O) groups is 1. The third-order valence-electron chi connectivity index (χ3n) is 13.1. The molecule has 0 radical (unpaired) electrons.